The fourth-order valence-corrected chi connectivity index (χ4v) is 2.83. The van der Waals surface area contributed by atoms with Crippen LogP contribution >= 0.6 is 0 Å². The topological polar surface area (TPSA) is 38.3 Å². The van der Waals surface area contributed by atoms with E-state index in [1.807, 2.05) is 31.2 Å². The quantitative estimate of drug-likeness (QED) is 0.869. The summed E-state index contributed by atoms with van der Waals surface area (Å²) in [6.45, 7) is 1.83. The molecule has 0 spiro atoms. The lowest BCUT2D eigenvalue weighted by molar-refractivity contribution is -0.142. The van der Waals surface area contributed by atoms with Crippen LogP contribution in [-0.2, 0) is 9.53 Å². The van der Waals surface area contributed by atoms with Gasteiger partial charge in [-0.25, -0.2) is 0 Å². The average molecular weight is 267 g/mol. The van der Waals surface area contributed by atoms with Crippen molar-refractivity contribution in [2.45, 2.75) is 19.0 Å². The van der Waals surface area contributed by atoms with Gasteiger partial charge in [-0.1, -0.05) is 48.5 Å². The first kappa shape index (κ1) is 12.9. The van der Waals surface area contributed by atoms with Gasteiger partial charge < -0.3 is 4.74 Å². The van der Waals surface area contributed by atoms with Gasteiger partial charge in [0.15, 0.2) is 0 Å². The Morgan fingerprint density at radius 2 is 1.55 bits per heavy atom. The molecule has 0 heterocycles. The number of carbonyl (C=O) groups is 1. The van der Waals surface area contributed by atoms with E-state index in [0.717, 1.165) is 0 Å². The first-order chi connectivity index (χ1) is 9.72. The minimum absolute atomic E-state index is 0.0384. The number of hydrogen-bond acceptors (Lipinski definition) is 3. The third kappa shape index (κ3) is 2.00. The lowest BCUT2D eigenvalue weighted by Crippen LogP contribution is -2.37. The number of benzene rings is 2. The first-order valence-electron chi connectivity index (χ1n) is 6.74. The van der Waals surface area contributed by atoms with E-state index in [0.29, 0.717) is 0 Å². The molecule has 0 aromatic heterocycles. The molecule has 0 saturated heterocycles. The van der Waals surface area contributed by atoms with Crippen molar-refractivity contribution in [3.05, 3.63) is 59.7 Å². The van der Waals surface area contributed by atoms with Gasteiger partial charge in [0.2, 0.25) is 0 Å². The van der Waals surface area contributed by atoms with Crippen LogP contribution in [0.5, 0.6) is 0 Å². The molecule has 20 heavy (non-hydrogen) atoms. The van der Waals surface area contributed by atoms with E-state index in [-0.39, 0.29) is 18.1 Å². The van der Waals surface area contributed by atoms with E-state index in [1.165, 1.54) is 29.4 Å². The molecule has 0 fully saturated rings. The van der Waals surface area contributed by atoms with Crippen molar-refractivity contribution in [3.63, 3.8) is 0 Å². The molecule has 0 saturated carbocycles. The third-order valence-corrected chi connectivity index (χ3v) is 3.81. The summed E-state index contributed by atoms with van der Waals surface area (Å²) in [5, 5.41) is 3.37. The number of ether oxygens (including phenoxy) is 1. The van der Waals surface area contributed by atoms with Crippen LogP contribution in [0, 0.1) is 0 Å². The standard InChI is InChI=1S/C17H17NO2/c1-11(17(19)20-2)18-16-14-9-5-3-7-12(14)13-8-4-6-10-15(13)16/h3-11,16,18H,1-2H3. The number of esters is 1. The Morgan fingerprint density at radius 1 is 1.05 bits per heavy atom. The van der Waals surface area contributed by atoms with Gasteiger partial charge in [0, 0.05) is 0 Å². The summed E-state index contributed by atoms with van der Waals surface area (Å²) < 4.78 is 4.80. The van der Waals surface area contributed by atoms with Crippen molar-refractivity contribution in [3.8, 4) is 11.1 Å². The number of rotatable bonds is 3. The van der Waals surface area contributed by atoms with Crippen LogP contribution in [0.25, 0.3) is 11.1 Å². The zero-order chi connectivity index (χ0) is 14.1. The molecule has 0 radical (unpaired) electrons. The van der Waals surface area contributed by atoms with Crippen molar-refractivity contribution < 1.29 is 9.53 Å². The Bertz CT molecular complexity index is 605. The van der Waals surface area contributed by atoms with Gasteiger partial charge >= 0.3 is 5.97 Å². The largest absolute Gasteiger partial charge is 0.468 e. The highest BCUT2D eigenvalue weighted by Gasteiger charge is 2.30. The molecule has 102 valence electrons. The summed E-state index contributed by atoms with van der Waals surface area (Å²) in [4.78, 5) is 11.6. The summed E-state index contributed by atoms with van der Waals surface area (Å²) >= 11 is 0. The molecule has 1 aliphatic rings. The summed E-state index contributed by atoms with van der Waals surface area (Å²) in [5.74, 6) is -0.244. The van der Waals surface area contributed by atoms with Crippen LogP contribution < -0.4 is 5.32 Å². The number of hydrogen-bond donors (Lipinski definition) is 1. The van der Waals surface area contributed by atoms with Gasteiger partial charge in [0.25, 0.3) is 0 Å². The van der Waals surface area contributed by atoms with Gasteiger partial charge in [-0.3, -0.25) is 10.1 Å². The molecular formula is C17H17NO2. The van der Waals surface area contributed by atoms with Crippen LogP contribution in [0.1, 0.15) is 24.1 Å². The summed E-state index contributed by atoms with van der Waals surface area (Å²) in [5.41, 5.74) is 4.89. The number of fused-ring (bicyclic) bond motifs is 3. The van der Waals surface area contributed by atoms with E-state index >= 15 is 0 Å². The lowest BCUT2D eigenvalue weighted by Gasteiger charge is -2.19. The van der Waals surface area contributed by atoms with Gasteiger partial charge in [0.1, 0.15) is 6.04 Å². The van der Waals surface area contributed by atoms with Crippen molar-refractivity contribution in [2.24, 2.45) is 0 Å². The molecule has 1 atom stereocenters. The second kappa shape index (κ2) is 5.10. The smallest absolute Gasteiger partial charge is 0.322 e. The second-order valence-electron chi connectivity index (χ2n) is 5.02. The molecule has 1 aliphatic carbocycles. The predicted molar refractivity (Wildman–Crippen MR) is 78.3 cm³/mol. The molecule has 0 aliphatic heterocycles. The molecule has 2 aromatic carbocycles. The van der Waals surface area contributed by atoms with Crippen LogP contribution in [0.2, 0.25) is 0 Å². The van der Waals surface area contributed by atoms with Crippen molar-refractivity contribution in [1.29, 1.82) is 0 Å². The minimum atomic E-state index is -0.343. The van der Waals surface area contributed by atoms with Crippen molar-refractivity contribution in [1.82, 2.24) is 5.32 Å². The zero-order valence-corrected chi connectivity index (χ0v) is 11.6. The molecule has 3 heteroatoms. The van der Waals surface area contributed by atoms with Gasteiger partial charge in [0.05, 0.1) is 13.2 Å². The number of methoxy groups -OCH3 is 1. The third-order valence-electron chi connectivity index (χ3n) is 3.81. The Labute approximate surface area is 118 Å². The van der Waals surface area contributed by atoms with Crippen molar-refractivity contribution in [2.75, 3.05) is 7.11 Å². The number of nitrogens with one attached hydrogen (secondary N) is 1. The van der Waals surface area contributed by atoms with E-state index in [4.69, 9.17) is 4.74 Å². The molecule has 1 N–H and O–H groups in total. The number of carbonyl (C=O) groups excluding carboxylic acids is 1. The molecular weight excluding hydrogens is 250 g/mol. The first-order valence-corrected chi connectivity index (χ1v) is 6.74. The fraction of sp³-hybridized carbons (Fsp3) is 0.235. The van der Waals surface area contributed by atoms with Crippen LogP contribution in [0.15, 0.2) is 48.5 Å². The van der Waals surface area contributed by atoms with Crippen LogP contribution in [0.4, 0.5) is 0 Å². The van der Waals surface area contributed by atoms with Gasteiger partial charge in [-0.15, -0.1) is 0 Å². The maximum absolute atomic E-state index is 11.6. The molecule has 3 nitrogen and oxygen atoms in total. The van der Waals surface area contributed by atoms with E-state index in [1.54, 1.807) is 0 Å². The lowest BCUT2D eigenvalue weighted by atomic mass is 10.0. The van der Waals surface area contributed by atoms with Gasteiger partial charge in [-0.2, -0.15) is 0 Å². The Kier molecular flexibility index (Phi) is 3.28. The molecule has 0 amide bonds. The highest BCUT2D eigenvalue weighted by molar-refractivity contribution is 5.80. The van der Waals surface area contributed by atoms with Crippen LogP contribution in [0.3, 0.4) is 0 Å². The van der Waals surface area contributed by atoms with Crippen molar-refractivity contribution >= 4 is 5.97 Å². The van der Waals surface area contributed by atoms with Gasteiger partial charge in [-0.05, 0) is 29.2 Å². The van der Waals surface area contributed by atoms with E-state index in [2.05, 4.69) is 29.6 Å². The SMILES string of the molecule is COC(=O)C(C)NC1c2ccccc2-c2ccccc21. The Morgan fingerprint density at radius 3 is 2.05 bits per heavy atom. The fourth-order valence-electron chi connectivity index (χ4n) is 2.83. The summed E-state index contributed by atoms with van der Waals surface area (Å²) in [6.07, 6.45) is 0. The van der Waals surface area contributed by atoms with Crippen LogP contribution in [-0.4, -0.2) is 19.1 Å². The predicted octanol–water partition coefficient (Wildman–Crippen LogP) is 2.91. The Balaban J connectivity index is 2.01. The normalized spacial score (nSPS) is 14.5. The molecule has 0 bridgehead atoms. The molecule has 1 unspecified atom stereocenters. The zero-order valence-electron chi connectivity index (χ0n) is 11.6. The molecule has 2 aromatic rings. The maximum Gasteiger partial charge on any atom is 0.322 e. The maximum atomic E-state index is 11.6. The Hall–Kier alpha value is -2.13. The average Bonchev–Trinajstić information content (AvgIpc) is 2.81. The van der Waals surface area contributed by atoms with E-state index < -0.39 is 0 Å². The van der Waals surface area contributed by atoms with E-state index in [9.17, 15) is 4.79 Å². The minimum Gasteiger partial charge on any atom is -0.468 e. The summed E-state index contributed by atoms with van der Waals surface area (Å²) in [7, 11) is 1.41. The highest BCUT2D eigenvalue weighted by atomic mass is 16.5. The highest BCUT2D eigenvalue weighted by Crippen LogP contribution is 2.43. The molecule has 3 rings (SSSR count). The monoisotopic (exact) mass is 267 g/mol. The summed E-state index contributed by atoms with van der Waals surface area (Å²) in [6, 6.07) is 16.3. The second-order valence-corrected chi connectivity index (χ2v) is 5.02.